The van der Waals surface area contributed by atoms with E-state index in [4.69, 9.17) is 4.74 Å². The highest BCUT2D eigenvalue weighted by Crippen LogP contribution is 2.32. The van der Waals surface area contributed by atoms with Crippen LogP contribution in [-0.2, 0) is 24.7 Å². The third-order valence-corrected chi connectivity index (χ3v) is 5.91. The molecule has 2 N–H and O–H groups in total. The van der Waals surface area contributed by atoms with E-state index < -0.39 is 0 Å². The van der Waals surface area contributed by atoms with Crippen LogP contribution >= 0.6 is 0 Å². The molecule has 0 bridgehead atoms. The lowest BCUT2D eigenvalue weighted by Gasteiger charge is -2.18. The summed E-state index contributed by atoms with van der Waals surface area (Å²) in [7, 11) is 3.42. The fraction of sp³-hybridized carbons (Fsp3) is 0.200. The van der Waals surface area contributed by atoms with Crippen LogP contribution in [0.5, 0.6) is 5.75 Å². The van der Waals surface area contributed by atoms with Gasteiger partial charge in [0, 0.05) is 36.7 Å². The zero-order valence-electron chi connectivity index (χ0n) is 18.9. The Morgan fingerprint density at radius 1 is 1.18 bits per heavy atom. The van der Waals surface area contributed by atoms with E-state index in [0.717, 1.165) is 34.5 Å². The zero-order chi connectivity index (χ0) is 23.7. The lowest BCUT2D eigenvalue weighted by molar-refractivity contribution is -0.117. The highest BCUT2D eigenvalue weighted by Gasteiger charge is 2.26. The maximum atomic E-state index is 13.1. The summed E-state index contributed by atoms with van der Waals surface area (Å²) in [6, 6.07) is 13.2. The summed E-state index contributed by atoms with van der Waals surface area (Å²) in [6.07, 6.45) is 6.03. The summed E-state index contributed by atoms with van der Waals surface area (Å²) in [6.45, 7) is 0.614. The first kappa shape index (κ1) is 21.4. The Morgan fingerprint density at radius 3 is 2.85 bits per heavy atom. The molecule has 0 aliphatic carbocycles. The van der Waals surface area contributed by atoms with E-state index in [0.29, 0.717) is 23.5 Å². The Balaban J connectivity index is 1.33. The average Bonchev–Trinajstić information content (AvgIpc) is 3.58. The van der Waals surface area contributed by atoms with Gasteiger partial charge in [0.1, 0.15) is 5.75 Å². The number of aromatic amines is 1. The van der Waals surface area contributed by atoms with Crippen LogP contribution in [0.3, 0.4) is 0 Å². The number of anilines is 2. The van der Waals surface area contributed by atoms with Gasteiger partial charge in [0.15, 0.2) is 0 Å². The molecule has 0 saturated carbocycles. The van der Waals surface area contributed by atoms with Gasteiger partial charge in [-0.15, -0.1) is 0 Å². The smallest absolute Gasteiger partial charge is 0.259 e. The number of nitrogens with one attached hydrogen (secondary N) is 2. The molecule has 2 amide bonds. The fourth-order valence-electron chi connectivity index (χ4n) is 4.20. The third kappa shape index (κ3) is 4.15. The van der Waals surface area contributed by atoms with Crippen molar-refractivity contribution in [1.82, 2.24) is 20.0 Å². The van der Waals surface area contributed by atoms with E-state index in [-0.39, 0.29) is 18.2 Å². The molecule has 0 spiro atoms. The minimum atomic E-state index is -0.292. The average molecular weight is 457 g/mol. The molecule has 9 nitrogen and oxygen atoms in total. The third-order valence-electron chi connectivity index (χ3n) is 5.91. The minimum Gasteiger partial charge on any atom is -0.497 e. The molecule has 2 aromatic carbocycles. The van der Waals surface area contributed by atoms with E-state index in [2.05, 4.69) is 20.6 Å². The number of amides is 2. The van der Waals surface area contributed by atoms with Crippen molar-refractivity contribution < 1.29 is 14.3 Å². The largest absolute Gasteiger partial charge is 0.497 e. The maximum absolute atomic E-state index is 13.1. The van der Waals surface area contributed by atoms with Crippen LogP contribution < -0.4 is 15.0 Å². The number of fused-ring (bicyclic) bond motifs is 1. The number of aryl methyl sites for hydroxylation is 1. The van der Waals surface area contributed by atoms with Crippen molar-refractivity contribution in [3.05, 3.63) is 77.7 Å². The van der Waals surface area contributed by atoms with Crippen molar-refractivity contribution in [2.45, 2.75) is 12.8 Å². The van der Waals surface area contributed by atoms with Gasteiger partial charge in [-0.1, -0.05) is 18.2 Å². The highest BCUT2D eigenvalue weighted by atomic mass is 16.5. The van der Waals surface area contributed by atoms with E-state index in [1.165, 1.54) is 6.20 Å². The quantitative estimate of drug-likeness (QED) is 0.464. The number of aromatic nitrogens is 4. The number of H-pyrrole nitrogens is 1. The highest BCUT2D eigenvalue weighted by molar-refractivity contribution is 6.08. The lowest BCUT2D eigenvalue weighted by atomic mass is 10.1. The molecule has 9 heteroatoms. The van der Waals surface area contributed by atoms with E-state index >= 15 is 0 Å². The second-order valence-corrected chi connectivity index (χ2v) is 8.18. The topological polar surface area (TPSA) is 105 Å². The molecule has 0 radical (unpaired) electrons. The standard InChI is InChI=1S/C25H24N6O3/c1-30-15-18(13-27-30)24-21(14-26-29-24)25(33)28-19-7-6-17-8-9-31(22(17)12-19)23(32)11-16-4-3-5-20(10-16)34-2/h3-7,10,12-15H,8-9,11H2,1-2H3,(H,26,29)(H,28,33). The van der Waals surface area contributed by atoms with Gasteiger partial charge in [0.25, 0.3) is 5.91 Å². The maximum Gasteiger partial charge on any atom is 0.259 e. The molecule has 3 heterocycles. The molecule has 0 saturated heterocycles. The van der Waals surface area contributed by atoms with Gasteiger partial charge in [-0.25, -0.2) is 0 Å². The molecule has 5 rings (SSSR count). The van der Waals surface area contributed by atoms with Crippen LogP contribution in [-0.4, -0.2) is 45.4 Å². The molecule has 34 heavy (non-hydrogen) atoms. The predicted molar refractivity (Wildman–Crippen MR) is 128 cm³/mol. The van der Waals surface area contributed by atoms with Crippen LogP contribution in [0.4, 0.5) is 11.4 Å². The van der Waals surface area contributed by atoms with Crippen LogP contribution in [0.2, 0.25) is 0 Å². The molecule has 0 atom stereocenters. The number of nitrogens with zero attached hydrogens (tertiary/aromatic N) is 4. The minimum absolute atomic E-state index is 0.00387. The van der Waals surface area contributed by atoms with E-state index in [9.17, 15) is 9.59 Å². The van der Waals surface area contributed by atoms with Crippen LogP contribution in [0.1, 0.15) is 21.5 Å². The number of methoxy groups -OCH3 is 1. The van der Waals surface area contributed by atoms with Crippen LogP contribution in [0.25, 0.3) is 11.3 Å². The molecular formula is C25H24N6O3. The van der Waals surface area contributed by atoms with Gasteiger partial charge in [-0.05, 0) is 41.8 Å². The second kappa shape index (κ2) is 8.86. The van der Waals surface area contributed by atoms with Crippen molar-refractivity contribution in [3.63, 3.8) is 0 Å². The Labute approximate surface area is 196 Å². The van der Waals surface area contributed by atoms with Crippen molar-refractivity contribution in [2.24, 2.45) is 7.05 Å². The number of rotatable bonds is 6. The Morgan fingerprint density at radius 2 is 2.06 bits per heavy atom. The zero-order valence-corrected chi connectivity index (χ0v) is 18.9. The SMILES string of the molecule is COc1cccc(CC(=O)N2CCc3ccc(NC(=O)c4cn[nH]c4-c4cnn(C)c4)cc32)c1. The van der Waals surface area contributed by atoms with Crippen LogP contribution in [0.15, 0.2) is 61.1 Å². The second-order valence-electron chi connectivity index (χ2n) is 8.18. The number of benzene rings is 2. The normalized spacial score (nSPS) is 12.5. The fourth-order valence-corrected chi connectivity index (χ4v) is 4.20. The predicted octanol–water partition coefficient (Wildman–Crippen LogP) is 3.20. The Bertz CT molecular complexity index is 1370. The molecular weight excluding hydrogens is 432 g/mol. The number of hydrogen-bond acceptors (Lipinski definition) is 5. The monoisotopic (exact) mass is 456 g/mol. The summed E-state index contributed by atoms with van der Waals surface area (Å²) >= 11 is 0. The number of ether oxygens (including phenoxy) is 1. The van der Waals surface area contributed by atoms with Gasteiger partial charge in [-0.2, -0.15) is 10.2 Å². The molecule has 1 aliphatic rings. The molecule has 0 fully saturated rings. The molecule has 172 valence electrons. The summed E-state index contributed by atoms with van der Waals surface area (Å²) < 4.78 is 6.92. The Kier molecular flexibility index (Phi) is 5.59. The van der Waals surface area contributed by atoms with Gasteiger partial charge in [-0.3, -0.25) is 19.4 Å². The van der Waals surface area contributed by atoms with Gasteiger partial charge in [0.05, 0.1) is 37.2 Å². The van der Waals surface area contributed by atoms with E-state index in [1.807, 2.05) is 55.7 Å². The Hall–Kier alpha value is -4.40. The molecule has 1 aliphatic heterocycles. The van der Waals surface area contributed by atoms with Gasteiger partial charge in [0.2, 0.25) is 5.91 Å². The van der Waals surface area contributed by atoms with Crippen molar-refractivity contribution in [2.75, 3.05) is 23.9 Å². The van der Waals surface area contributed by atoms with Gasteiger partial charge < -0.3 is 15.0 Å². The summed E-state index contributed by atoms with van der Waals surface area (Å²) in [4.78, 5) is 27.9. The van der Waals surface area contributed by atoms with Gasteiger partial charge >= 0.3 is 0 Å². The van der Waals surface area contributed by atoms with Crippen molar-refractivity contribution in [3.8, 4) is 17.0 Å². The summed E-state index contributed by atoms with van der Waals surface area (Å²) in [5, 5.41) is 14.0. The first-order chi connectivity index (χ1) is 16.5. The molecule has 4 aromatic rings. The number of carbonyl (C=O) groups excluding carboxylic acids is 2. The summed E-state index contributed by atoms with van der Waals surface area (Å²) in [5.41, 5.74) is 5.20. The van der Waals surface area contributed by atoms with Crippen molar-refractivity contribution >= 4 is 23.2 Å². The first-order valence-electron chi connectivity index (χ1n) is 10.9. The number of carbonyl (C=O) groups is 2. The van der Waals surface area contributed by atoms with Crippen molar-refractivity contribution in [1.29, 1.82) is 0 Å². The van der Waals surface area contributed by atoms with Crippen LogP contribution in [0, 0.1) is 0 Å². The number of hydrogen-bond donors (Lipinski definition) is 2. The lowest BCUT2D eigenvalue weighted by Crippen LogP contribution is -2.30. The van der Waals surface area contributed by atoms with E-state index in [1.54, 1.807) is 22.9 Å². The molecule has 0 unspecified atom stereocenters. The first-order valence-corrected chi connectivity index (χ1v) is 10.9. The molecule has 2 aromatic heterocycles. The summed E-state index contributed by atoms with van der Waals surface area (Å²) in [5.74, 6) is 0.436.